The standard InChI is InChI=1S/C15H17Cl2NO/c1-9-6-4-5-7-11(9)18-14(19)13-10(8-12(16)17)15(13,2)3/h4-8,10,13H,1-3H3,(H,18,19)/t10-,13+/m1/s1. The smallest absolute Gasteiger partial charge is 0.228 e. The summed E-state index contributed by atoms with van der Waals surface area (Å²) in [5.74, 6) is 0.0382. The molecule has 0 heterocycles. The van der Waals surface area contributed by atoms with Crippen LogP contribution in [0.25, 0.3) is 0 Å². The third kappa shape index (κ3) is 2.96. The molecule has 4 heteroatoms. The minimum Gasteiger partial charge on any atom is -0.326 e. The molecule has 1 aliphatic carbocycles. The number of anilines is 1. The van der Waals surface area contributed by atoms with Gasteiger partial charge in [0.2, 0.25) is 5.91 Å². The summed E-state index contributed by atoms with van der Waals surface area (Å²) in [5, 5.41) is 2.98. The first-order chi connectivity index (χ1) is 8.84. The third-order valence-corrected chi connectivity index (χ3v) is 4.15. The van der Waals surface area contributed by atoms with E-state index in [1.54, 1.807) is 6.08 Å². The van der Waals surface area contributed by atoms with Crippen LogP contribution in [0.15, 0.2) is 34.8 Å². The van der Waals surface area contributed by atoms with Gasteiger partial charge in [0.25, 0.3) is 0 Å². The molecule has 1 fully saturated rings. The van der Waals surface area contributed by atoms with Crippen LogP contribution in [0.5, 0.6) is 0 Å². The molecule has 0 bridgehead atoms. The van der Waals surface area contributed by atoms with Crippen molar-refractivity contribution in [1.82, 2.24) is 0 Å². The third-order valence-electron chi connectivity index (χ3n) is 3.90. The molecule has 1 aromatic carbocycles. The molecule has 1 amide bonds. The van der Waals surface area contributed by atoms with E-state index in [0.717, 1.165) is 11.3 Å². The number of nitrogens with one attached hydrogen (secondary N) is 1. The molecule has 0 aliphatic heterocycles. The highest BCUT2D eigenvalue weighted by molar-refractivity contribution is 6.55. The van der Waals surface area contributed by atoms with Crippen molar-refractivity contribution in [2.45, 2.75) is 20.8 Å². The lowest BCUT2D eigenvalue weighted by Crippen LogP contribution is -2.17. The average Bonchev–Trinajstić information content (AvgIpc) is 2.82. The van der Waals surface area contributed by atoms with Crippen LogP contribution in [0.3, 0.4) is 0 Å². The van der Waals surface area contributed by atoms with Gasteiger partial charge >= 0.3 is 0 Å². The summed E-state index contributed by atoms with van der Waals surface area (Å²) in [6.07, 6.45) is 1.76. The SMILES string of the molecule is Cc1ccccc1NC(=O)[C@@H]1[C@@H](C=C(Cl)Cl)C1(C)C. The number of aryl methyl sites for hydroxylation is 1. The molecule has 2 rings (SSSR count). The van der Waals surface area contributed by atoms with Crippen molar-refractivity contribution in [1.29, 1.82) is 0 Å². The molecule has 1 aromatic rings. The molecular formula is C15H17Cl2NO. The summed E-state index contributed by atoms with van der Waals surface area (Å²) in [6, 6.07) is 7.74. The normalized spacial score (nSPS) is 23.6. The molecule has 1 N–H and O–H groups in total. The van der Waals surface area contributed by atoms with E-state index in [1.165, 1.54) is 0 Å². The predicted octanol–water partition coefficient (Wildman–Crippen LogP) is 4.52. The molecule has 2 nitrogen and oxygen atoms in total. The molecule has 0 saturated heterocycles. The fourth-order valence-corrected chi connectivity index (χ4v) is 2.82. The molecule has 102 valence electrons. The Morgan fingerprint density at radius 2 is 1.95 bits per heavy atom. The van der Waals surface area contributed by atoms with E-state index in [1.807, 2.05) is 45.0 Å². The lowest BCUT2D eigenvalue weighted by Gasteiger charge is -2.08. The summed E-state index contributed by atoms with van der Waals surface area (Å²) in [7, 11) is 0. The highest BCUT2D eigenvalue weighted by Crippen LogP contribution is 2.60. The lowest BCUT2D eigenvalue weighted by molar-refractivity contribution is -0.118. The van der Waals surface area contributed by atoms with Crippen LogP contribution in [0, 0.1) is 24.2 Å². The van der Waals surface area contributed by atoms with E-state index in [-0.39, 0.29) is 27.6 Å². The second-order valence-electron chi connectivity index (χ2n) is 5.59. The molecule has 19 heavy (non-hydrogen) atoms. The fraction of sp³-hybridized carbons (Fsp3) is 0.400. The maximum atomic E-state index is 12.3. The molecule has 1 aliphatic rings. The van der Waals surface area contributed by atoms with E-state index in [2.05, 4.69) is 5.32 Å². The zero-order valence-electron chi connectivity index (χ0n) is 11.2. The maximum Gasteiger partial charge on any atom is 0.228 e. The van der Waals surface area contributed by atoms with E-state index in [4.69, 9.17) is 23.2 Å². The first kappa shape index (κ1) is 14.4. The van der Waals surface area contributed by atoms with Gasteiger partial charge < -0.3 is 5.32 Å². The van der Waals surface area contributed by atoms with Crippen molar-refractivity contribution >= 4 is 34.8 Å². The predicted molar refractivity (Wildman–Crippen MR) is 80.4 cm³/mol. The molecule has 0 aromatic heterocycles. The number of amides is 1. The monoisotopic (exact) mass is 297 g/mol. The zero-order valence-corrected chi connectivity index (χ0v) is 12.7. The van der Waals surface area contributed by atoms with Gasteiger partial charge in [-0.1, -0.05) is 55.2 Å². The van der Waals surface area contributed by atoms with Gasteiger partial charge in [-0.3, -0.25) is 4.79 Å². The van der Waals surface area contributed by atoms with Crippen LogP contribution >= 0.6 is 23.2 Å². The zero-order chi connectivity index (χ0) is 14.2. The Balaban J connectivity index is 2.10. The molecule has 1 saturated carbocycles. The van der Waals surface area contributed by atoms with Crippen LogP contribution in [0.2, 0.25) is 0 Å². The van der Waals surface area contributed by atoms with Crippen molar-refractivity contribution in [3.8, 4) is 0 Å². The van der Waals surface area contributed by atoms with Crippen LogP contribution in [0.1, 0.15) is 19.4 Å². The van der Waals surface area contributed by atoms with Gasteiger partial charge in [0.05, 0.1) is 5.92 Å². The Bertz CT molecular complexity index is 533. The van der Waals surface area contributed by atoms with E-state index in [9.17, 15) is 4.79 Å². The second kappa shape index (κ2) is 5.18. The van der Waals surface area contributed by atoms with Crippen LogP contribution < -0.4 is 5.32 Å². The Morgan fingerprint density at radius 3 is 2.53 bits per heavy atom. The topological polar surface area (TPSA) is 29.1 Å². The highest BCUT2D eigenvalue weighted by Gasteiger charge is 2.60. The van der Waals surface area contributed by atoms with E-state index < -0.39 is 0 Å². The Hall–Kier alpha value is -0.990. The Kier molecular flexibility index (Phi) is 3.93. The molecule has 2 atom stereocenters. The number of carbonyl (C=O) groups is 1. The summed E-state index contributed by atoms with van der Waals surface area (Å²) in [6.45, 7) is 6.07. The second-order valence-corrected chi connectivity index (χ2v) is 6.59. The van der Waals surface area contributed by atoms with Crippen LogP contribution in [-0.2, 0) is 4.79 Å². The van der Waals surface area contributed by atoms with Gasteiger partial charge in [-0.2, -0.15) is 0 Å². The van der Waals surface area contributed by atoms with Gasteiger partial charge in [-0.25, -0.2) is 0 Å². The van der Waals surface area contributed by atoms with Crippen LogP contribution in [0.4, 0.5) is 5.69 Å². The maximum absolute atomic E-state index is 12.3. The quantitative estimate of drug-likeness (QED) is 0.873. The molecular weight excluding hydrogens is 281 g/mol. The first-order valence-corrected chi connectivity index (χ1v) is 6.99. The number of rotatable bonds is 3. The van der Waals surface area contributed by atoms with E-state index >= 15 is 0 Å². The lowest BCUT2D eigenvalue weighted by atomic mass is 10.1. The number of allylic oxidation sites excluding steroid dienone is 1. The summed E-state index contributed by atoms with van der Waals surface area (Å²) >= 11 is 11.4. The molecule has 0 spiro atoms. The van der Waals surface area contributed by atoms with Gasteiger partial charge in [0, 0.05) is 5.69 Å². The number of hydrogen-bond donors (Lipinski definition) is 1. The largest absolute Gasteiger partial charge is 0.326 e. The van der Waals surface area contributed by atoms with Gasteiger partial charge in [0.15, 0.2) is 0 Å². The van der Waals surface area contributed by atoms with E-state index in [0.29, 0.717) is 0 Å². The minimum atomic E-state index is -0.0954. The molecule has 0 unspecified atom stereocenters. The van der Waals surface area contributed by atoms with Crippen molar-refractivity contribution in [2.75, 3.05) is 5.32 Å². The average molecular weight is 298 g/mol. The number of hydrogen-bond acceptors (Lipinski definition) is 1. The van der Waals surface area contributed by atoms with Crippen molar-refractivity contribution in [2.24, 2.45) is 17.3 Å². The number of halogens is 2. The van der Waals surface area contributed by atoms with Gasteiger partial charge in [0.1, 0.15) is 4.49 Å². The van der Waals surface area contributed by atoms with Gasteiger partial charge in [-0.05, 0) is 36.0 Å². The van der Waals surface area contributed by atoms with Crippen LogP contribution in [-0.4, -0.2) is 5.91 Å². The Labute approximate surface area is 123 Å². The fourth-order valence-electron chi connectivity index (χ4n) is 2.55. The van der Waals surface area contributed by atoms with Crippen molar-refractivity contribution < 1.29 is 4.79 Å². The van der Waals surface area contributed by atoms with Crippen molar-refractivity contribution in [3.63, 3.8) is 0 Å². The number of para-hydroxylation sites is 1. The van der Waals surface area contributed by atoms with Crippen molar-refractivity contribution in [3.05, 3.63) is 40.4 Å². The summed E-state index contributed by atoms with van der Waals surface area (Å²) < 4.78 is 0.226. The summed E-state index contributed by atoms with van der Waals surface area (Å²) in [5.41, 5.74) is 1.81. The number of benzene rings is 1. The first-order valence-electron chi connectivity index (χ1n) is 6.23. The highest BCUT2D eigenvalue weighted by atomic mass is 35.5. The summed E-state index contributed by atoms with van der Waals surface area (Å²) in [4.78, 5) is 12.3. The number of carbonyl (C=O) groups excluding carboxylic acids is 1. The van der Waals surface area contributed by atoms with Gasteiger partial charge in [-0.15, -0.1) is 0 Å². The molecule has 0 radical (unpaired) electrons. The minimum absolute atomic E-state index is 0.0233. The Morgan fingerprint density at radius 1 is 1.32 bits per heavy atom.